The van der Waals surface area contributed by atoms with Gasteiger partial charge in [-0.25, -0.2) is 0 Å². The van der Waals surface area contributed by atoms with Gasteiger partial charge < -0.3 is 4.74 Å². The number of rotatable bonds is 3. The SMILES string of the molecule is COc1ccc(C[P+](=O)O)cc1. The minimum Gasteiger partial charge on any atom is -0.497 e. The molecular weight excluding hydrogens is 175 g/mol. The van der Waals surface area contributed by atoms with Crippen molar-refractivity contribution in [2.24, 2.45) is 0 Å². The highest BCUT2D eigenvalue weighted by Gasteiger charge is 2.10. The van der Waals surface area contributed by atoms with Crippen molar-refractivity contribution in [1.29, 1.82) is 0 Å². The predicted octanol–water partition coefficient (Wildman–Crippen LogP) is 1.93. The van der Waals surface area contributed by atoms with E-state index in [0.29, 0.717) is 0 Å². The van der Waals surface area contributed by atoms with E-state index in [1.165, 1.54) is 0 Å². The van der Waals surface area contributed by atoms with E-state index in [0.717, 1.165) is 11.3 Å². The summed E-state index contributed by atoms with van der Waals surface area (Å²) in [6.07, 6.45) is 0.208. The van der Waals surface area contributed by atoms with Crippen molar-refractivity contribution in [2.75, 3.05) is 7.11 Å². The van der Waals surface area contributed by atoms with Gasteiger partial charge in [-0.1, -0.05) is 12.1 Å². The lowest BCUT2D eigenvalue weighted by atomic mass is 10.2. The molecule has 0 fully saturated rings. The van der Waals surface area contributed by atoms with E-state index in [1.807, 2.05) is 0 Å². The molecule has 3 nitrogen and oxygen atoms in total. The maximum atomic E-state index is 10.4. The van der Waals surface area contributed by atoms with Crippen LogP contribution in [-0.4, -0.2) is 12.0 Å². The first-order valence-electron chi connectivity index (χ1n) is 3.49. The molecule has 64 valence electrons. The van der Waals surface area contributed by atoms with Gasteiger partial charge in [0.2, 0.25) is 6.16 Å². The lowest BCUT2D eigenvalue weighted by Gasteiger charge is -1.97. The molecular formula is C8H10O3P+. The fraction of sp³-hybridized carbons (Fsp3) is 0.250. The molecule has 0 aliphatic heterocycles. The van der Waals surface area contributed by atoms with Gasteiger partial charge in [0.1, 0.15) is 5.75 Å². The summed E-state index contributed by atoms with van der Waals surface area (Å²) in [5.74, 6) is 0.756. The summed E-state index contributed by atoms with van der Waals surface area (Å²) in [6.45, 7) is 0. The smallest absolute Gasteiger partial charge is 0.497 e. The van der Waals surface area contributed by atoms with E-state index >= 15 is 0 Å². The van der Waals surface area contributed by atoms with Gasteiger partial charge in [-0.3, -0.25) is 0 Å². The summed E-state index contributed by atoms with van der Waals surface area (Å²) in [4.78, 5) is 8.61. The molecule has 1 N–H and O–H groups in total. The van der Waals surface area contributed by atoms with Crippen molar-refractivity contribution in [1.82, 2.24) is 0 Å². The van der Waals surface area contributed by atoms with E-state index < -0.39 is 8.03 Å². The highest BCUT2D eigenvalue weighted by molar-refractivity contribution is 7.37. The van der Waals surface area contributed by atoms with E-state index in [2.05, 4.69) is 0 Å². The number of hydrogen-bond acceptors (Lipinski definition) is 2. The fourth-order valence-electron chi connectivity index (χ4n) is 0.887. The maximum Gasteiger partial charge on any atom is 0.510 e. The van der Waals surface area contributed by atoms with Crippen LogP contribution in [0.15, 0.2) is 24.3 Å². The molecule has 0 aliphatic carbocycles. The molecule has 0 saturated carbocycles. The average Bonchev–Trinajstić information content (AvgIpc) is 2.05. The first-order valence-corrected chi connectivity index (χ1v) is 4.88. The highest BCUT2D eigenvalue weighted by Crippen LogP contribution is 2.22. The minimum atomic E-state index is -2.08. The van der Waals surface area contributed by atoms with Gasteiger partial charge in [0, 0.05) is 5.56 Å². The third-order valence-corrected chi connectivity index (χ3v) is 2.11. The van der Waals surface area contributed by atoms with Crippen LogP contribution in [-0.2, 0) is 10.7 Å². The summed E-state index contributed by atoms with van der Waals surface area (Å²) >= 11 is 0. The molecule has 12 heavy (non-hydrogen) atoms. The molecule has 0 saturated heterocycles. The second-order valence-corrected chi connectivity index (χ2v) is 3.38. The molecule has 4 heteroatoms. The Bertz CT molecular complexity index is 268. The van der Waals surface area contributed by atoms with E-state index in [9.17, 15) is 4.57 Å². The maximum absolute atomic E-state index is 10.4. The largest absolute Gasteiger partial charge is 0.510 e. The average molecular weight is 185 g/mol. The second-order valence-electron chi connectivity index (χ2n) is 2.36. The first-order chi connectivity index (χ1) is 5.72. The molecule has 1 atom stereocenters. The lowest BCUT2D eigenvalue weighted by molar-refractivity contribution is 0.414. The standard InChI is InChI=1S/C8H9O3P/c1-11-8-4-2-7(3-5-8)6-12(9)10/h2-5H,6H2,1H3/p+1. The van der Waals surface area contributed by atoms with Crippen molar-refractivity contribution in [3.05, 3.63) is 29.8 Å². The monoisotopic (exact) mass is 185 g/mol. The first kappa shape index (κ1) is 9.17. The van der Waals surface area contributed by atoms with Crippen molar-refractivity contribution < 1.29 is 14.2 Å². The lowest BCUT2D eigenvalue weighted by Crippen LogP contribution is -1.83. The Kier molecular flexibility index (Phi) is 3.20. The zero-order chi connectivity index (χ0) is 8.97. The molecule has 0 radical (unpaired) electrons. The summed E-state index contributed by atoms with van der Waals surface area (Å²) in [7, 11) is -0.497. The van der Waals surface area contributed by atoms with Crippen LogP contribution in [0.1, 0.15) is 5.56 Å². The molecule has 0 aliphatic rings. The van der Waals surface area contributed by atoms with Crippen LogP contribution in [0.5, 0.6) is 5.75 Å². The second kappa shape index (κ2) is 4.19. The number of methoxy groups -OCH3 is 1. The Balaban J connectivity index is 2.71. The van der Waals surface area contributed by atoms with Crippen LogP contribution in [0.25, 0.3) is 0 Å². The van der Waals surface area contributed by atoms with Crippen molar-refractivity contribution in [3.8, 4) is 5.75 Å². The van der Waals surface area contributed by atoms with E-state index in [-0.39, 0.29) is 6.16 Å². The molecule has 1 rings (SSSR count). The Morgan fingerprint density at radius 3 is 2.42 bits per heavy atom. The summed E-state index contributed by atoms with van der Waals surface area (Å²) in [5, 5.41) is 0. The zero-order valence-electron chi connectivity index (χ0n) is 6.73. The van der Waals surface area contributed by atoms with Crippen LogP contribution >= 0.6 is 8.03 Å². The third-order valence-electron chi connectivity index (χ3n) is 1.48. The van der Waals surface area contributed by atoms with Gasteiger partial charge in [0.15, 0.2) is 0 Å². The van der Waals surface area contributed by atoms with Crippen LogP contribution in [0.3, 0.4) is 0 Å². The summed E-state index contributed by atoms with van der Waals surface area (Å²) in [6, 6.07) is 7.10. The third kappa shape index (κ3) is 2.61. The quantitative estimate of drug-likeness (QED) is 0.732. The van der Waals surface area contributed by atoms with Gasteiger partial charge in [0.05, 0.1) is 7.11 Å². The molecule has 0 bridgehead atoms. The van der Waals surface area contributed by atoms with Crippen LogP contribution in [0.4, 0.5) is 0 Å². The fourth-order valence-corrected chi connectivity index (χ4v) is 1.41. The molecule has 0 aromatic heterocycles. The van der Waals surface area contributed by atoms with Gasteiger partial charge in [-0.15, -0.1) is 0 Å². The Hall–Kier alpha value is -0.920. The zero-order valence-corrected chi connectivity index (χ0v) is 7.62. The molecule has 0 heterocycles. The van der Waals surface area contributed by atoms with Gasteiger partial charge >= 0.3 is 8.03 Å². The predicted molar refractivity (Wildman–Crippen MR) is 46.5 cm³/mol. The molecule has 1 aromatic rings. The number of ether oxygens (including phenoxy) is 1. The van der Waals surface area contributed by atoms with Crippen LogP contribution in [0, 0.1) is 0 Å². The minimum absolute atomic E-state index is 0.208. The van der Waals surface area contributed by atoms with Crippen LogP contribution < -0.4 is 4.74 Å². The van der Waals surface area contributed by atoms with Crippen molar-refractivity contribution in [3.63, 3.8) is 0 Å². The Morgan fingerprint density at radius 2 is 2.00 bits per heavy atom. The normalized spacial score (nSPS) is 11.0. The molecule has 1 aromatic carbocycles. The Labute approximate surface area is 71.9 Å². The highest BCUT2D eigenvalue weighted by atomic mass is 31.1. The Morgan fingerprint density at radius 1 is 1.42 bits per heavy atom. The molecule has 0 spiro atoms. The van der Waals surface area contributed by atoms with E-state index in [4.69, 9.17) is 9.63 Å². The topological polar surface area (TPSA) is 46.5 Å². The van der Waals surface area contributed by atoms with Gasteiger partial charge in [0.25, 0.3) is 0 Å². The molecule has 0 amide bonds. The summed E-state index contributed by atoms with van der Waals surface area (Å²) < 4.78 is 15.4. The van der Waals surface area contributed by atoms with Crippen molar-refractivity contribution >= 4 is 8.03 Å². The van der Waals surface area contributed by atoms with Crippen molar-refractivity contribution in [2.45, 2.75) is 6.16 Å². The van der Waals surface area contributed by atoms with Crippen LogP contribution in [0.2, 0.25) is 0 Å². The number of hydrogen-bond donors (Lipinski definition) is 1. The molecule has 1 unspecified atom stereocenters. The summed E-state index contributed by atoms with van der Waals surface area (Å²) in [5.41, 5.74) is 0.847. The number of benzene rings is 1. The van der Waals surface area contributed by atoms with E-state index in [1.54, 1.807) is 31.4 Å². The van der Waals surface area contributed by atoms with Gasteiger partial charge in [-0.05, 0) is 16.7 Å². The van der Waals surface area contributed by atoms with Gasteiger partial charge in [-0.2, -0.15) is 4.89 Å².